The fourth-order valence-electron chi connectivity index (χ4n) is 3.58. The van der Waals surface area contributed by atoms with E-state index < -0.39 is 32.0 Å². The van der Waals surface area contributed by atoms with Crippen molar-refractivity contribution >= 4 is 16.9 Å². The maximum atomic E-state index is 12.7. The molecular formula is C24H30N3O3+. The molecule has 6 nitrogen and oxygen atoms in total. The zero-order valence-electron chi connectivity index (χ0n) is 25.6. The lowest BCUT2D eigenvalue weighted by atomic mass is 10.0. The summed E-state index contributed by atoms with van der Waals surface area (Å²) in [6.07, 6.45) is 4.72. The third-order valence-corrected chi connectivity index (χ3v) is 5.22. The summed E-state index contributed by atoms with van der Waals surface area (Å²) in [7, 11) is 0. The van der Waals surface area contributed by atoms with Crippen molar-refractivity contribution in [2.75, 3.05) is 53.8 Å². The molecule has 3 aromatic rings. The molecule has 1 fully saturated rings. The summed E-state index contributed by atoms with van der Waals surface area (Å²) in [5.74, 6) is -0.01000. The number of furan rings is 1. The minimum atomic E-state index is -3.31. The number of likely N-dealkylation sites (N-methyl/N-ethyl adjacent to an activating group) is 1. The largest absolute Gasteiger partial charge is 0.464 e. The Morgan fingerprint density at radius 1 is 1.17 bits per heavy atom. The molecule has 0 saturated carbocycles. The molecule has 4 rings (SSSR count). The molecule has 0 aliphatic carbocycles. The molecule has 3 heterocycles. The molecule has 1 saturated heterocycles. The first-order valence-corrected chi connectivity index (χ1v) is 9.82. The smallest absolute Gasteiger partial charge is 0.227 e. The lowest BCUT2D eigenvalue weighted by molar-refractivity contribution is -0.870. The van der Waals surface area contributed by atoms with Gasteiger partial charge in [0.25, 0.3) is 0 Å². The number of morpholine rings is 1. The van der Waals surface area contributed by atoms with Crippen molar-refractivity contribution in [3.8, 4) is 11.1 Å². The van der Waals surface area contributed by atoms with Gasteiger partial charge >= 0.3 is 0 Å². The number of fused-ring (bicyclic) bond motifs is 1. The van der Waals surface area contributed by atoms with Crippen molar-refractivity contribution in [1.82, 2.24) is 9.88 Å². The van der Waals surface area contributed by atoms with E-state index in [4.69, 9.17) is 21.5 Å². The summed E-state index contributed by atoms with van der Waals surface area (Å²) in [5, 5.41) is 0.599. The minimum Gasteiger partial charge on any atom is -0.464 e. The predicted octanol–water partition coefficient (Wildman–Crippen LogP) is 3.14. The lowest BCUT2D eigenvalue weighted by Crippen LogP contribution is -2.41. The number of carbonyl (C=O) groups excluding carboxylic acids is 1. The molecule has 30 heavy (non-hydrogen) atoms. The second kappa shape index (κ2) is 8.58. The van der Waals surface area contributed by atoms with Crippen LogP contribution in [0.3, 0.4) is 0 Å². The van der Waals surface area contributed by atoms with E-state index in [1.54, 1.807) is 29.4 Å². The second-order valence-electron chi connectivity index (χ2n) is 7.51. The number of carbonyl (C=O) groups is 1. The first-order valence-electron chi connectivity index (χ1n) is 14.3. The minimum absolute atomic E-state index is 0.01000. The van der Waals surface area contributed by atoms with Crippen molar-refractivity contribution in [2.24, 2.45) is 0 Å². The predicted molar refractivity (Wildman–Crippen MR) is 117 cm³/mol. The highest BCUT2D eigenvalue weighted by Crippen LogP contribution is 2.28. The zero-order valence-corrected chi connectivity index (χ0v) is 16.6. The van der Waals surface area contributed by atoms with Gasteiger partial charge in [0.15, 0.2) is 0 Å². The third-order valence-electron chi connectivity index (χ3n) is 5.22. The Hall–Kier alpha value is -2.70. The maximum absolute atomic E-state index is 12.7. The molecule has 0 bridgehead atoms. The van der Waals surface area contributed by atoms with Gasteiger partial charge < -0.3 is 18.5 Å². The van der Waals surface area contributed by atoms with Crippen LogP contribution in [-0.2, 0) is 22.4 Å². The average molecular weight is 418 g/mol. The van der Waals surface area contributed by atoms with Crippen LogP contribution in [0.4, 0.5) is 0 Å². The van der Waals surface area contributed by atoms with Crippen LogP contribution in [0, 0.1) is 0 Å². The van der Waals surface area contributed by atoms with Gasteiger partial charge in [-0.1, -0.05) is 6.07 Å². The van der Waals surface area contributed by atoms with Crippen LogP contribution in [-0.4, -0.2) is 74.0 Å². The van der Waals surface area contributed by atoms with Gasteiger partial charge in [0.05, 0.1) is 65.7 Å². The first kappa shape index (κ1) is 12.2. The fourth-order valence-corrected chi connectivity index (χ4v) is 3.58. The van der Waals surface area contributed by atoms with E-state index in [0.717, 1.165) is 16.7 Å². The van der Waals surface area contributed by atoms with Gasteiger partial charge in [-0.3, -0.25) is 9.78 Å². The van der Waals surface area contributed by atoms with E-state index >= 15 is 0 Å². The fraction of sp³-hybridized carbons (Fsp3) is 0.417. The van der Waals surface area contributed by atoms with Gasteiger partial charge in [0.2, 0.25) is 5.91 Å². The Labute approximate surface area is 190 Å². The Bertz CT molecular complexity index is 1290. The highest BCUT2D eigenvalue weighted by Gasteiger charge is 2.18. The van der Waals surface area contributed by atoms with Crippen LogP contribution >= 0.6 is 0 Å². The van der Waals surface area contributed by atoms with Gasteiger partial charge in [-0.05, 0) is 29.3 Å². The zero-order chi connectivity index (χ0) is 28.6. The summed E-state index contributed by atoms with van der Waals surface area (Å²) in [6.45, 7) is -8.48. The summed E-state index contributed by atoms with van der Waals surface area (Å²) < 4.78 is 79.5. The molecule has 6 heteroatoms. The Kier molecular flexibility index (Phi) is 3.50. The van der Waals surface area contributed by atoms with Gasteiger partial charge in [0, 0.05) is 48.4 Å². The van der Waals surface area contributed by atoms with Crippen molar-refractivity contribution in [3.05, 3.63) is 54.0 Å². The van der Waals surface area contributed by atoms with E-state index in [1.165, 1.54) is 6.26 Å². The van der Waals surface area contributed by atoms with Gasteiger partial charge in [-0.15, -0.1) is 0 Å². The van der Waals surface area contributed by atoms with Gasteiger partial charge in [0.1, 0.15) is 5.58 Å². The topological polar surface area (TPSA) is 55.6 Å². The van der Waals surface area contributed by atoms with Crippen molar-refractivity contribution < 1.29 is 30.8 Å². The second-order valence-corrected chi connectivity index (χ2v) is 7.51. The summed E-state index contributed by atoms with van der Waals surface area (Å²) in [5.41, 5.74) is 3.20. The molecule has 0 atom stereocenters. The van der Waals surface area contributed by atoms with Crippen LogP contribution in [0.5, 0.6) is 0 Å². The number of nitrogens with zero attached hydrogens (tertiary/aromatic N) is 3. The molecule has 1 aliphatic heterocycles. The van der Waals surface area contributed by atoms with Crippen LogP contribution in [0.2, 0.25) is 0 Å². The number of quaternary nitrogens is 1. The molecule has 0 N–H and O–H groups in total. The molecule has 1 amide bonds. The SMILES string of the molecule is [2H]C([2H])([2H])[N+](CCc1coc2ccc(-c3cncc(CC(=O)N4CCOCC4)c3)cc12)(C([2H])([2H])[2H])C([2H])([2H])[2H]. The lowest BCUT2D eigenvalue weighted by Gasteiger charge is -2.26. The molecule has 0 spiro atoms. The number of amides is 1. The summed E-state index contributed by atoms with van der Waals surface area (Å²) >= 11 is 0. The van der Waals surface area contributed by atoms with Crippen molar-refractivity contribution in [3.63, 3.8) is 0 Å². The molecule has 2 aromatic heterocycles. The van der Waals surface area contributed by atoms with Crippen molar-refractivity contribution in [1.29, 1.82) is 0 Å². The highest BCUT2D eigenvalue weighted by molar-refractivity contribution is 5.86. The molecule has 0 radical (unpaired) electrons. The Morgan fingerprint density at radius 3 is 2.80 bits per heavy atom. The monoisotopic (exact) mass is 417 g/mol. The Morgan fingerprint density at radius 2 is 2.00 bits per heavy atom. The normalized spacial score (nSPS) is 20.7. The number of aromatic nitrogens is 1. The van der Waals surface area contributed by atoms with Crippen LogP contribution in [0.25, 0.3) is 22.1 Å². The van der Waals surface area contributed by atoms with Gasteiger partial charge in [-0.25, -0.2) is 0 Å². The molecule has 0 unspecified atom stereocenters. The molecule has 158 valence electrons. The standard InChI is InChI=1S/C24H30N3O3/c1-27(2,3)9-6-20-17-30-23-5-4-19(14-22(20)23)21-12-18(15-25-16-21)13-24(28)26-7-10-29-11-8-26/h4-5,12,14-17H,6-11,13H2,1-3H3/q+1/i1D3,2D3,3D3. The van der Waals surface area contributed by atoms with Crippen LogP contribution in [0.15, 0.2) is 47.3 Å². The molecule has 1 aromatic carbocycles. The van der Waals surface area contributed by atoms with E-state index in [9.17, 15) is 4.79 Å². The van der Waals surface area contributed by atoms with Gasteiger partial charge in [-0.2, -0.15) is 0 Å². The van der Waals surface area contributed by atoms with Crippen molar-refractivity contribution in [2.45, 2.75) is 12.8 Å². The number of benzene rings is 1. The molecular weight excluding hydrogens is 378 g/mol. The highest BCUT2D eigenvalue weighted by atomic mass is 16.5. The number of hydrogen-bond acceptors (Lipinski definition) is 4. The number of rotatable bonds is 6. The quantitative estimate of drug-likeness (QED) is 0.578. The Balaban J connectivity index is 1.61. The maximum Gasteiger partial charge on any atom is 0.227 e. The third kappa shape index (κ3) is 4.89. The molecule has 1 aliphatic rings. The first-order chi connectivity index (χ1) is 18.1. The average Bonchev–Trinajstić information content (AvgIpc) is 3.25. The van der Waals surface area contributed by atoms with E-state index in [1.807, 2.05) is 12.1 Å². The van der Waals surface area contributed by atoms with Crippen LogP contribution < -0.4 is 0 Å². The summed E-state index contributed by atoms with van der Waals surface area (Å²) in [6, 6.07) is 7.20. The number of pyridine rings is 1. The number of hydrogen-bond donors (Lipinski definition) is 0. The van der Waals surface area contributed by atoms with E-state index in [-0.39, 0.29) is 18.7 Å². The summed E-state index contributed by atoms with van der Waals surface area (Å²) in [4.78, 5) is 18.7. The number of ether oxygens (including phenoxy) is 1. The van der Waals surface area contributed by atoms with Crippen LogP contribution in [0.1, 0.15) is 23.5 Å². The van der Waals surface area contributed by atoms with E-state index in [0.29, 0.717) is 42.8 Å². The van der Waals surface area contributed by atoms with E-state index in [2.05, 4.69) is 4.98 Å².